The Morgan fingerprint density at radius 2 is 1.46 bits per heavy atom. The molecule has 0 aromatic heterocycles. The molecule has 1 N–H and O–H groups in total. The van der Waals surface area contributed by atoms with Crippen LogP contribution in [0.5, 0.6) is 0 Å². The van der Waals surface area contributed by atoms with Crippen LogP contribution in [0.15, 0.2) is 47.4 Å². The van der Waals surface area contributed by atoms with Crippen molar-refractivity contribution in [2.24, 2.45) is 0 Å². The minimum Gasteiger partial charge on any atom is -0.372 e. The summed E-state index contributed by atoms with van der Waals surface area (Å²) in [5, 5.41) is 0. The lowest BCUT2D eigenvalue weighted by molar-refractivity contribution is 0.521. The number of sulfonamides is 1. The summed E-state index contributed by atoms with van der Waals surface area (Å²) in [4.78, 5) is 1.27. The average molecular weight is 352 g/mol. The fraction of sp³-hybridized carbons (Fsp3) is 0.294. The molecule has 0 unspecified atom stereocenters. The van der Waals surface area contributed by atoms with Crippen LogP contribution in [-0.4, -0.2) is 21.5 Å². The second-order valence-electron chi connectivity index (χ2n) is 5.75. The highest BCUT2D eigenvalue weighted by Gasteiger charge is 2.24. The second-order valence-corrected chi connectivity index (χ2v) is 7.37. The van der Waals surface area contributed by atoms with Gasteiger partial charge in [0.15, 0.2) is 4.90 Å². The molecule has 1 fully saturated rings. The molecule has 1 saturated heterocycles. The maximum absolute atomic E-state index is 13.7. The van der Waals surface area contributed by atoms with E-state index in [1.165, 1.54) is 6.42 Å². The van der Waals surface area contributed by atoms with Gasteiger partial charge in [-0.1, -0.05) is 6.07 Å². The minimum atomic E-state index is -4.33. The number of nitrogens with one attached hydrogen (secondary N) is 1. The van der Waals surface area contributed by atoms with E-state index in [0.29, 0.717) is 0 Å². The van der Waals surface area contributed by atoms with Gasteiger partial charge < -0.3 is 4.90 Å². The van der Waals surface area contributed by atoms with Crippen LogP contribution >= 0.6 is 0 Å². The molecule has 7 heteroatoms. The van der Waals surface area contributed by atoms with E-state index in [9.17, 15) is 17.2 Å². The zero-order valence-electron chi connectivity index (χ0n) is 13.0. The summed E-state index contributed by atoms with van der Waals surface area (Å²) < 4.78 is 54.1. The Labute approximate surface area is 140 Å². The lowest BCUT2D eigenvalue weighted by Crippen LogP contribution is -2.29. The van der Waals surface area contributed by atoms with Gasteiger partial charge in [0.1, 0.15) is 11.6 Å². The van der Waals surface area contributed by atoms with Gasteiger partial charge >= 0.3 is 0 Å². The molecular weight excluding hydrogens is 334 g/mol. The van der Waals surface area contributed by atoms with Gasteiger partial charge in [-0.3, -0.25) is 4.72 Å². The number of rotatable bonds is 4. The predicted octanol–water partition coefficient (Wildman–Crippen LogP) is 3.76. The Hall–Kier alpha value is -2.15. The van der Waals surface area contributed by atoms with E-state index in [1.807, 2.05) is 0 Å². The zero-order chi connectivity index (χ0) is 17.2. The molecule has 24 heavy (non-hydrogen) atoms. The van der Waals surface area contributed by atoms with E-state index in [-0.39, 0.29) is 5.69 Å². The number of halogens is 2. The van der Waals surface area contributed by atoms with E-state index in [1.54, 1.807) is 24.3 Å². The molecule has 1 heterocycles. The first-order chi connectivity index (χ1) is 11.5. The summed E-state index contributed by atoms with van der Waals surface area (Å²) >= 11 is 0. The minimum absolute atomic E-state index is 0.262. The van der Waals surface area contributed by atoms with Crippen molar-refractivity contribution in [2.45, 2.75) is 24.2 Å². The fourth-order valence-corrected chi connectivity index (χ4v) is 4.04. The second kappa shape index (κ2) is 6.76. The normalized spacial score (nSPS) is 15.3. The topological polar surface area (TPSA) is 49.4 Å². The van der Waals surface area contributed by atoms with Gasteiger partial charge in [0.05, 0.1) is 0 Å². The quantitative estimate of drug-likeness (QED) is 0.912. The molecule has 2 aromatic rings. The molecule has 4 nitrogen and oxygen atoms in total. The molecule has 0 atom stereocenters. The monoisotopic (exact) mass is 352 g/mol. The molecule has 2 aromatic carbocycles. The average Bonchev–Trinajstić information content (AvgIpc) is 2.55. The van der Waals surface area contributed by atoms with Crippen molar-refractivity contribution >= 4 is 21.4 Å². The van der Waals surface area contributed by atoms with Crippen molar-refractivity contribution in [3.63, 3.8) is 0 Å². The molecule has 0 aliphatic carbocycles. The number of hydrogen-bond acceptors (Lipinski definition) is 3. The summed E-state index contributed by atoms with van der Waals surface area (Å²) in [7, 11) is -4.33. The summed E-state index contributed by atoms with van der Waals surface area (Å²) in [6.45, 7) is 1.96. The molecule has 0 radical (unpaired) electrons. The first kappa shape index (κ1) is 16.7. The molecule has 0 amide bonds. The van der Waals surface area contributed by atoms with Crippen LogP contribution in [-0.2, 0) is 10.0 Å². The van der Waals surface area contributed by atoms with E-state index >= 15 is 0 Å². The number of anilines is 2. The summed E-state index contributed by atoms with van der Waals surface area (Å²) in [6.07, 6.45) is 3.50. The molecule has 1 aliphatic rings. The van der Waals surface area contributed by atoms with Crippen LogP contribution in [0.1, 0.15) is 19.3 Å². The molecule has 1 aliphatic heterocycles. The zero-order valence-corrected chi connectivity index (χ0v) is 13.8. The summed E-state index contributed by atoms with van der Waals surface area (Å²) in [5.74, 6) is -2.24. The lowest BCUT2D eigenvalue weighted by Gasteiger charge is -2.28. The van der Waals surface area contributed by atoms with E-state index in [2.05, 4.69) is 9.62 Å². The Kier molecular flexibility index (Phi) is 4.71. The SMILES string of the molecule is O=S(=O)(Nc1ccc(N2CCCCC2)cc1)c1c(F)cccc1F. The highest BCUT2D eigenvalue weighted by atomic mass is 32.2. The predicted molar refractivity (Wildman–Crippen MR) is 89.7 cm³/mol. The number of piperidine rings is 1. The van der Waals surface area contributed by atoms with Crippen molar-refractivity contribution in [3.8, 4) is 0 Å². The van der Waals surface area contributed by atoms with Crippen molar-refractivity contribution < 1.29 is 17.2 Å². The van der Waals surface area contributed by atoms with Gasteiger partial charge in [0, 0.05) is 24.5 Å². The molecule has 0 saturated carbocycles. The van der Waals surface area contributed by atoms with Gasteiger partial charge in [0.25, 0.3) is 10.0 Å². The van der Waals surface area contributed by atoms with Crippen LogP contribution in [0.3, 0.4) is 0 Å². The van der Waals surface area contributed by atoms with Crippen molar-refractivity contribution in [2.75, 3.05) is 22.7 Å². The van der Waals surface area contributed by atoms with Gasteiger partial charge in [-0.15, -0.1) is 0 Å². The van der Waals surface area contributed by atoms with Crippen LogP contribution in [0.25, 0.3) is 0 Å². The summed E-state index contributed by atoms with van der Waals surface area (Å²) in [5.41, 5.74) is 1.27. The Morgan fingerprint density at radius 1 is 0.875 bits per heavy atom. The smallest absolute Gasteiger partial charge is 0.267 e. The van der Waals surface area contributed by atoms with E-state index in [4.69, 9.17) is 0 Å². The first-order valence-electron chi connectivity index (χ1n) is 7.79. The maximum Gasteiger partial charge on any atom is 0.267 e. The molecule has 0 spiro atoms. The summed E-state index contributed by atoms with van der Waals surface area (Å²) in [6, 6.07) is 9.76. The van der Waals surface area contributed by atoms with Gasteiger partial charge in [-0.05, 0) is 55.7 Å². The maximum atomic E-state index is 13.7. The Morgan fingerprint density at radius 3 is 2.04 bits per heavy atom. The van der Waals surface area contributed by atoms with Gasteiger partial charge in [-0.2, -0.15) is 0 Å². The number of hydrogen-bond donors (Lipinski definition) is 1. The largest absolute Gasteiger partial charge is 0.372 e. The van der Waals surface area contributed by atoms with Crippen molar-refractivity contribution in [1.29, 1.82) is 0 Å². The standard InChI is InChI=1S/C17H18F2N2O2S/c18-15-5-4-6-16(19)17(15)24(22,23)20-13-7-9-14(10-8-13)21-11-2-1-3-12-21/h4-10,20H,1-3,11-12H2. The highest BCUT2D eigenvalue weighted by Crippen LogP contribution is 2.25. The number of benzene rings is 2. The van der Waals surface area contributed by atoms with Crippen molar-refractivity contribution in [1.82, 2.24) is 0 Å². The van der Waals surface area contributed by atoms with Gasteiger partial charge in [0.2, 0.25) is 0 Å². The van der Waals surface area contributed by atoms with Gasteiger partial charge in [-0.25, -0.2) is 17.2 Å². The third-order valence-corrected chi connectivity index (χ3v) is 5.46. The van der Waals surface area contributed by atoms with Crippen LogP contribution in [0.4, 0.5) is 20.2 Å². The Bertz CT molecular complexity index is 797. The Balaban J connectivity index is 1.80. The molecule has 128 valence electrons. The molecule has 0 bridgehead atoms. The third-order valence-electron chi connectivity index (χ3n) is 4.03. The van der Waals surface area contributed by atoms with E-state index < -0.39 is 26.6 Å². The molecule has 3 rings (SSSR count). The van der Waals surface area contributed by atoms with Crippen molar-refractivity contribution in [3.05, 3.63) is 54.1 Å². The fourth-order valence-electron chi connectivity index (χ4n) is 2.84. The van der Waals surface area contributed by atoms with Crippen LogP contribution < -0.4 is 9.62 Å². The third kappa shape index (κ3) is 3.51. The first-order valence-corrected chi connectivity index (χ1v) is 9.27. The lowest BCUT2D eigenvalue weighted by atomic mass is 10.1. The van der Waals surface area contributed by atoms with Crippen LogP contribution in [0, 0.1) is 11.6 Å². The highest BCUT2D eigenvalue weighted by molar-refractivity contribution is 7.92. The molecular formula is C17H18F2N2O2S. The van der Waals surface area contributed by atoms with Crippen LogP contribution in [0.2, 0.25) is 0 Å². The van der Waals surface area contributed by atoms with E-state index in [0.717, 1.165) is 49.8 Å². The number of nitrogens with zero attached hydrogens (tertiary/aromatic N) is 1.